The Hall–Kier alpha value is -2.34. The van der Waals surface area contributed by atoms with Crippen molar-refractivity contribution in [3.63, 3.8) is 0 Å². The molecule has 0 bridgehead atoms. The number of nitrogens with one attached hydrogen (secondary N) is 1. The van der Waals surface area contributed by atoms with Gasteiger partial charge < -0.3 is 0 Å². The van der Waals surface area contributed by atoms with E-state index in [1.807, 2.05) is 60.7 Å². The van der Waals surface area contributed by atoms with Crippen LogP contribution in [0.15, 0.2) is 78.9 Å². The van der Waals surface area contributed by atoms with Gasteiger partial charge >= 0.3 is 0 Å². The summed E-state index contributed by atoms with van der Waals surface area (Å²) < 4.78 is 16.6. The number of halogens is 2. The average molecular weight is 416 g/mol. The second-order valence-corrected chi connectivity index (χ2v) is 8.04. The van der Waals surface area contributed by atoms with E-state index < -0.39 is 17.2 Å². The summed E-state index contributed by atoms with van der Waals surface area (Å²) in [6.45, 7) is 0. The summed E-state index contributed by atoms with van der Waals surface area (Å²) in [6, 6.07) is 23.2. The zero-order valence-corrected chi connectivity index (χ0v) is 16.4. The van der Waals surface area contributed by atoms with Gasteiger partial charge in [0, 0.05) is 5.02 Å². The molecular weight excluding hydrogens is 401 g/mol. The molecule has 1 saturated heterocycles. The van der Waals surface area contributed by atoms with Gasteiger partial charge in [0.2, 0.25) is 11.2 Å². The molecule has 0 aromatic heterocycles. The third-order valence-corrected chi connectivity index (χ3v) is 6.34. The second kappa shape index (κ2) is 7.35. The molecule has 27 heavy (non-hydrogen) atoms. The summed E-state index contributed by atoms with van der Waals surface area (Å²) in [5.41, 5.74) is 2.12. The summed E-state index contributed by atoms with van der Waals surface area (Å²) in [6.07, 6.45) is 0. The fourth-order valence-corrected chi connectivity index (χ4v) is 4.95. The van der Waals surface area contributed by atoms with Gasteiger partial charge in [0.1, 0.15) is 11.9 Å². The van der Waals surface area contributed by atoms with E-state index in [2.05, 4.69) is 0 Å². The van der Waals surface area contributed by atoms with Crippen LogP contribution in [0, 0.1) is 5.41 Å². The molecule has 2 atom stereocenters. The molecule has 1 fully saturated rings. The highest BCUT2D eigenvalue weighted by Crippen LogP contribution is 2.42. The molecule has 2 unspecified atom stereocenters. The maximum atomic E-state index is 13.5. The number of hydrogen-bond acceptors (Lipinski definition) is 2. The quantitative estimate of drug-likeness (QED) is 0.592. The Kier molecular flexibility index (Phi) is 4.91. The Balaban J connectivity index is 1.87. The third kappa shape index (κ3) is 3.23. The van der Waals surface area contributed by atoms with Crippen molar-refractivity contribution < 1.29 is 4.21 Å². The maximum Gasteiger partial charge on any atom is 0.232 e. The molecule has 0 radical (unpaired) electrons. The van der Waals surface area contributed by atoms with Crippen molar-refractivity contribution in [2.75, 3.05) is 8.61 Å². The predicted molar refractivity (Wildman–Crippen MR) is 113 cm³/mol. The van der Waals surface area contributed by atoms with Crippen LogP contribution in [0.5, 0.6) is 0 Å². The minimum Gasteiger partial charge on any atom is -0.285 e. The van der Waals surface area contributed by atoms with Crippen molar-refractivity contribution in [1.29, 1.82) is 5.41 Å². The van der Waals surface area contributed by atoms with Crippen molar-refractivity contribution in [2.24, 2.45) is 0 Å². The van der Waals surface area contributed by atoms with E-state index in [9.17, 15) is 4.21 Å². The summed E-state index contributed by atoms with van der Waals surface area (Å²) >= 11 is 10.8. The number of amidine groups is 1. The molecule has 4 nitrogen and oxygen atoms in total. The van der Waals surface area contributed by atoms with Crippen LogP contribution in [-0.4, -0.2) is 10.0 Å². The average Bonchev–Trinajstić information content (AvgIpc) is 2.94. The van der Waals surface area contributed by atoms with Crippen LogP contribution in [-0.2, 0) is 11.2 Å². The molecule has 0 spiro atoms. The summed E-state index contributed by atoms with van der Waals surface area (Å²) in [7, 11) is 0. The van der Waals surface area contributed by atoms with Crippen LogP contribution >= 0.6 is 23.2 Å². The number of para-hydroxylation sites is 2. The van der Waals surface area contributed by atoms with E-state index in [-0.39, 0.29) is 5.84 Å². The van der Waals surface area contributed by atoms with Gasteiger partial charge in [-0.2, -0.15) is 0 Å². The van der Waals surface area contributed by atoms with Crippen molar-refractivity contribution >= 4 is 51.6 Å². The lowest BCUT2D eigenvalue weighted by Gasteiger charge is -2.24. The Morgan fingerprint density at radius 3 is 2.15 bits per heavy atom. The van der Waals surface area contributed by atoms with Crippen LogP contribution < -0.4 is 8.61 Å². The predicted octanol–water partition coefficient (Wildman–Crippen LogP) is 5.62. The summed E-state index contributed by atoms with van der Waals surface area (Å²) in [5, 5.41) is 9.87. The third-order valence-electron chi connectivity index (χ3n) is 4.30. The zero-order valence-electron chi connectivity index (χ0n) is 14.0. The first-order valence-electron chi connectivity index (χ1n) is 8.23. The van der Waals surface area contributed by atoms with Gasteiger partial charge in [-0.1, -0.05) is 65.7 Å². The van der Waals surface area contributed by atoms with Crippen molar-refractivity contribution in [1.82, 2.24) is 0 Å². The lowest BCUT2D eigenvalue weighted by Crippen LogP contribution is -2.27. The molecule has 1 aliphatic rings. The molecule has 3 aromatic rings. The molecule has 0 saturated carbocycles. The normalized spacial score (nSPS) is 19.6. The largest absolute Gasteiger partial charge is 0.285 e. The summed E-state index contributed by atoms with van der Waals surface area (Å²) in [5.74, 6) is 0.210. The Bertz CT molecular complexity index is 1010. The van der Waals surface area contributed by atoms with Gasteiger partial charge in [-0.05, 0) is 42.0 Å². The van der Waals surface area contributed by atoms with E-state index >= 15 is 0 Å². The Morgan fingerprint density at radius 2 is 1.48 bits per heavy atom. The number of benzene rings is 3. The minimum atomic E-state index is -1.65. The monoisotopic (exact) mass is 415 g/mol. The van der Waals surface area contributed by atoms with Gasteiger partial charge in [0.05, 0.1) is 16.4 Å². The summed E-state index contributed by atoms with van der Waals surface area (Å²) in [4.78, 5) is 0. The van der Waals surface area contributed by atoms with E-state index in [1.165, 1.54) is 4.31 Å². The molecule has 1 heterocycles. The van der Waals surface area contributed by atoms with Crippen molar-refractivity contribution in [3.05, 3.63) is 94.5 Å². The maximum absolute atomic E-state index is 13.5. The fourth-order valence-electron chi connectivity index (χ4n) is 3.07. The Morgan fingerprint density at radius 1 is 0.852 bits per heavy atom. The van der Waals surface area contributed by atoms with Gasteiger partial charge in [-0.3, -0.25) is 9.71 Å². The standard InChI is InChI=1S/C20H15Cl2N3OS/c21-15-12-10-14(11-13-15)19-20(23)24(16-6-2-1-3-7-16)27(26)25(19)18-9-5-4-8-17(18)22/h1-13,19,23H. The highest BCUT2D eigenvalue weighted by molar-refractivity contribution is 7.89. The number of rotatable bonds is 3. The SMILES string of the molecule is N=C1C(c2ccc(Cl)cc2)N(c2ccccc2Cl)S(=O)N1c1ccccc1. The molecular formula is C20H15Cl2N3OS. The fraction of sp³-hybridized carbons (Fsp3) is 0.0500. The molecule has 1 aliphatic heterocycles. The molecule has 4 rings (SSSR count). The van der Waals surface area contributed by atoms with Crippen LogP contribution in [0.1, 0.15) is 11.6 Å². The first-order valence-corrected chi connectivity index (χ1v) is 10.0. The lowest BCUT2D eigenvalue weighted by atomic mass is 10.0. The first kappa shape index (κ1) is 18.0. The first-order chi connectivity index (χ1) is 13.1. The zero-order chi connectivity index (χ0) is 19.0. The highest BCUT2D eigenvalue weighted by Gasteiger charge is 2.44. The van der Waals surface area contributed by atoms with E-state index in [4.69, 9.17) is 28.6 Å². The van der Waals surface area contributed by atoms with Crippen molar-refractivity contribution in [3.8, 4) is 0 Å². The minimum absolute atomic E-state index is 0.210. The van der Waals surface area contributed by atoms with Crippen molar-refractivity contribution in [2.45, 2.75) is 6.04 Å². The van der Waals surface area contributed by atoms with E-state index in [1.54, 1.807) is 22.5 Å². The highest BCUT2D eigenvalue weighted by atomic mass is 35.5. The Labute approximate surface area is 170 Å². The van der Waals surface area contributed by atoms with Crippen LogP contribution in [0.2, 0.25) is 10.0 Å². The van der Waals surface area contributed by atoms with Gasteiger partial charge in [0.15, 0.2) is 0 Å². The number of hydrogen-bond donors (Lipinski definition) is 1. The van der Waals surface area contributed by atoms with Crippen LogP contribution in [0.25, 0.3) is 0 Å². The molecule has 136 valence electrons. The van der Waals surface area contributed by atoms with Gasteiger partial charge in [-0.25, -0.2) is 8.51 Å². The smallest absolute Gasteiger partial charge is 0.232 e. The topological polar surface area (TPSA) is 47.4 Å². The molecule has 3 aromatic carbocycles. The molecule has 0 aliphatic carbocycles. The lowest BCUT2D eigenvalue weighted by molar-refractivity contribution is 0.682. The number of anilines is 2. The van der Waals surface area contributed by atoms with Crippen LogP contribution in [0.4, 0.5) is 11.4 Å². The van der Waals surface area contributed by atoms with E-state index in [0.717, 1.165) is 5.56 Å². The van der Waals surface area contributed by atoms with Crippen LogP contribution in [0.3, 0.4) is 0 Å². The molecule has 0 amide bonds. The second-order valence-electron chi connectivity index (χ2n) is 5.98. The molecule has 7 heteroatoms. The number of nitrogens with zero attached hydrogens (tertiary/aromatic N) is 2. The van der Waals surface area contributed by atoms with Gasteiger partial charge in [0.25, 0.3) is 0 Å². The molecule has 1 N–H and O–H groups in total. The van der Waals surface area contributed by atoms with E-state index in [0.29, 0.717) is 21.4 Å². The van der Waals surface area contributed by atoms with Gasteiger partial charge in [-0.15, -0.1) is 0 Å².